The van der Waals surface area contributed by atoms with E-state index in [1.807, 2.05) is 0 Å². The number of rotatable bonds is 2. The number of ether oxygens (including phenoxy) is 1. The van der Waals surface area contributed by atoms with Crippen molar-refractivity contribution >= 4 is 5.97 Å². The Morgan fingerprint density at radius 1 is 1.06 bits per heavy atom. The SMILES string of the molecule is COC(=O)c1ccccc1-c1ccc(F)cc1F. The van der Waals surface area contributed by atoms with E-state index in [4.69, 9.17) is 0 Å². The maximum Gasteiger partial charge on any atom is 0.338 e. The Hall–Kier alpha value is -2.23. The lowest BCUT2D eigenvalue weighted by molar-refractivity contribution is 0.0601. The van der Waals surface area contributed by atoms with E-state index in [0.717, 1.165) is 12.1 Å². The second kappa shape index (κ2) is 4.96. The monoisotopic (exact) mass is 248 g/mol. The zero-order valence-corrected chi connectivity index (χ0v) is 9.61. The molecule has 2 nitrogen and oxygen atoms in total. The first-order valence-corrected chi connectivity index (χ1v) is 5.26. The maximum atomic E-state index is 13.7. The molecule has 0 fully saturated rings. The molecule has 0 aliphatic carbocycles. The van der Waals surface area contributed by atoms with E-state index in [0.29, 0.717) is 5.56 Å². The van der Waals surface area contributed by atoms with Crippen LogP contribution in [0.4, 0.5) is 8.78 Å². The summed E-state index contributed by atoms with van der Waals surface area (Å²) in [6, 6.07) is 9.66. The van der Waals surface area contributed by atoms with Gasteiger partial charge in [0.2, 0.25) is 0 Å². The average molecular weight is 248 g/mol. The van der Waals surface area contributed by atoms with Crippen LogP contribution >= 0.6 is 0 Å². The van der Waals surface area contributed by atoms with Gasteiger partial charge in [0.25, 0.3) is 0 Å². The summed E-state index contributed by atoms with van der Waals surface area (Å²) < 4.78 is 31.2. The molecular weight excluding hydrogens is 238 g/mol. The molecule has 0 atom stereocenters. The van der Waals surface area contributed by atoms with Gasteiger partial charge in [-0.2, -0.15) is 0 Å². The van der Waals surface area contributed by atoms with Gasteiger partial charge in [0, 0.05) is 11.6 Å². The smallest absolute Gasteiger partial charge is 0.338 e. The Morgan fingerprint density at radius 3 is 2.44 bits per heavy atom. The second-order valence-electron chi connectivity index (χ2n) is 3.66. The summed E-state index contributed by atoms with van der Waals surface area (Å²) in [7, 11) is 1.25. The predicted molar refractivity (Wildman–Crippen MR) is 63.1 cm³/mol. The number of carbonyl (C=O) groups is 1. The van der Waals surface area contributed by atoms with E-state index in [1.54, 1.807) is 18.2 Å². The van der Waals surface area contributed by atoms with E-state index in [1.165, 1.54) is 19.2 Å². The van der Waals surface area contributed by atoms with Gasteiger partial charge in [0.05, 0.1) is 12.7 Å². The molecule has 18 heavy (non-hydrogen) atoms. The second-order valence-corrected chi connectivity index (χ2v) is 3.66. The molecule has 0 N–H and O–H groups in total. The molecule has 0 saturated heterocycles. The van der Waals surface area contributed by atoms with Gasteiger partial charge < -0.3 is 4.74 Å². The fourth-order valence-corrected chi connectivity index (χ4v) is 1.71. The first-order chi connectivity index (χ1) is 8.63. The van der Waals surface area contributed by atoms with Crippen LogP contribution < -0.4 is 0 Å². The normalized spacial score (nSPS) is 10.2. The Kier molecular flexibility index (Phi) is 3.37. The minimum Gasteiger partial charge on any atom is -0.465 e. The molecule has 0 spiro atoms. The third-order valence-corrected chi connectivity index (χ3v) is 2.55. The van der Waals surface area contributed by atoms with E-state index >= 15 is 0 Å². The quantitative estimate of drug-likeness (QED) is 0.761. The molecule has 0 aromatic heterocycles. The van der Waals surface area contributed by atoms with Crippen molar-refractivity contribution in [2.45, 2.75) is 0 Å². The van der Waals surface area contributed by atoms with Gasteiger partial charge in [-0.15, -0.1) is 0 Å². The van der Waals surface area contributed by atoms with Crippen molar-refractivity contribution in [3.63, 3.8) is 0 Å². The van der Waals surface area contributed by atoms with Crippen LogP contribution in [-0.4, -0.2) is 13.1 Å². The van der Waals surface area contributed by atoms with Crippen molar-refractivity contribution in [1.29, 1.82) is 0 Å². The Balaban J connectivity index is 2.60. The number of carbonyl (C=O) groups excluding carboxylic acids is 1. The van der Waals surface area contributed by atoms with Crippen LogP contribution in [0.2, 0.25) is 0 Å². The zero-order valence-electron chi connectivity index (χ0n) is 9.61. The first kappa shape index (κ1) is 12.2. The van der Waals surface area contributed by atoms with Crippen molar-refractivity contribution in [3.05, 3.63) is 59.7 Å². The Bertz CT molecular complexity index is 594. The standard InChI is InChI=1S/C14H10F2O2/c1-18-14(17)12-5-3-2-4-10(12)11-7-6-9(15)8-13(11)16/h2-8H,1H3. The molecule has 0 bridgehead atoms. The van der Waals surface area contributed by atoms with E-state index < -0.39 is 17.6 Å². The lowest BCUT2D eigenvalue weighted by Crippen LogP contribution is -2.04. The van der Waals surface area contributed by atoms with E-state index in [-0.39, 0.29) is 11.1 Å². The van der Waals surface area contributed by atoms with E-state index in [2.05, 4.69) is 4.74 Å². The van der Waals surface area contributed by atoms with Crippen LogP contribution in [0.25, 0.3) is 11.1 Å². The summed E-state index contributed by atoms with van der Waals surface area (Å²) in [6.07, 6.45) is 0. The van der Waals surface area contributed by atoms with Crippen LogP contribution in [-0.2, 0) is 4.74 Å². The predicted octanol–water partition coefficient (Wildman–Crippen LogP) is 3.42. The lowest BCUT2D eigenvalue weighted by atomic mass is 9.99. The molecule has 0 heterocycles. The molecule has 92 valence electrons. The third kappa shape index (κ3) is 2.22. The lowest BCUT2D eigenvalue weighted by Gasteiger charge is -2.08. The highest BCUT2D eigenvalue weighted by Gasteiger charge is 2.15. The van der Waals surface area contributed by atoms with Gasteiger partial charge in [-0.1, -0.05) is 18.2 Å². The van der Waals surface area contributed by atoms with Gasteiger partial charge in [-0.25, -0.2) is 13.6 Å². The Morgan fingerprint density at radius 2 is 1.78 bits per heavy atom. The minimum atomic E-state index is -0.716. The fourth-order valence-electron chi connectivity index (χ4n) is 1.71. The highest BCUT2D eigenvalue weighted by molar-refractivity contribution is 5.97. The van der Waals surface area contributed by atoms with Crippen molar-refractivity contribution in [1.82, 2.24) is 0 Å². The Labute approximate surface area is 103 Å². The number of hydrogen-bond donors (Lipinski definition) is 0. The summed E-state index contributed by atoms with van der Waals surface area (Å²) in [4.78, 5) is 11.6. The molecule has 0 aliphatic rings. The highest BCUT2D eigenvalue weighted by atomic mass is 19.1. The first-order valence-electron chi connectivity index (χ1n) is 5.26. The van der Waals surface area contributed by atoms with Gasteiger partial charge in [-0.05, 0) is 23.8 Å². The van der Waals surface area contributed by atoms with Gasteiger partial charge in [0.15, 0.2) is 0 Å². The van der Waals surface area contributed by atoms with Crippen molar-refractivity contribution in [2.24, 2.45) is 0 Å². The van der Waals surface area contributed by atoms with Crippen molar-refractivity contribution in [3.8, 4) is 11.1 Å². The van der Waals surface area contributed by atoms with Crippen molar-refractivity contribution in [2.75, 3.05) is 7.11 Å². The molecule has 0 amide bonds. The number of methoxy groups -OCH3 is 1. The topological polar surface area (TPSA) is 26.3 Å². The maximum absolute atomic E-state index is 13.7. The summed E-state index contributed by atoms with van der Waals surface area (Å²) in [5.41, 5.74) is 0.782. The number of halogens is 2. The molecule has 2 rings (SSSR count). The molecule has 0 unspecified atom stereocenters. The van der Waals surface area contributed by atoms with E-state index in [9.17, 15) is 13.6 Å². The largest absolute Gasteiger partial charge is 0.465 e. The molecule has 2 aromatic carbocycles. The molecule has 0 aliphatic heterocycles. The fraction of sp³-hybridized carbons (Fsp3) is 0.0714. The summed E-state index contributed by atoms with van der Waals surface area (Å²) >= 11 is 0. The zero-order chi connectivity index (χ0) is 13.1. The molecule has 4 heteroatoms. The third-order valence-electron chi connectivity index (χ3n) is 2.55. The number of hydrogen-bond acceptors (Lipinski definition) is 2. The van der Waals surface area contributed by atoms with Crippen molar-refractivity contribution < 1.29 is 18.3 Å². The molecule has 0 radical (unpaired) electrons. The number of benzene rings is 2. The number of esters is 1. The van der Waals surface area contributed by atoms with Crippen LogP contribution in [0.5, 0.6) is 0 Å². The van der Waals surface area contributed by atoms with Gasteiger partial charge in [0.1, 0.15) is 11.6 Å². The summed E-state index contributed by atoms with van der Waals surface area (Å²) in [5, 5.41) is 0. The minimum absolute atomic E-state index is 0.164. The van der Waals surface area contributed by atoms with Crippen LogP contribution in [0.3, 0.4) is 0 Å². The van der Waals surface area contributed by atoms with Gasteiger partial charge in [-0.3, -0.25) is 0 Å². The van der Waals surface area contributed by atoms with Crippen LogP contribution in [0.1, 0.15) is 10.4 Å². The summed E-state index contributed by atoms with van der Waals surface area (Å²) in [5.74, 6) is -1.94. The van der Waals surface area contributed by atoms with Crippen LogP contribution in [0.15, 0.2) is 42.5 Å². The summed E-state index contributed by atoms with van der Waals surface area (Å²) in [6.45, 7) is 0. The molecular formula is C14H10F2O2. The molecule has 2 aromatic rings. The average Bonchev–Trinajstić information content (AvgIpc) is 2.38. The van der Waals surface area contributed by atoms with Gasteiger partial charge >= 0.3 is 5.97 Å². The highest BCUT2D eigenvalue weighted by Crippen LogP contribution is 2.27. The van der Waals surface area contributed by atoms with Crippen LogP contribution in [0, 0.1) is 11.6 Å². The molecule has 0 saturated carbocycles.